The van der Waals surface area contributed by atoms with E-state index in [1.54, 1.807) is 25.3 Å². The number of ether oxygens (including phenoxy) is 1. The van der Waals surface area contributed by atoms with E-state index in [0.717, 1.165) is 5.56 Å². The van der Waals surface area contributed by atoms with Crippen LogP contribution in [0.1, 0.15) is 21.7 Å². The van der Waals surface area contributed by atoms with Gasteiger partial charge in [0, 0.05) is 20.6 Å². The molecule has 0 N–H and O–H groups in total. The Morgan fingerprint density at radius 1 is 1.42 bits per heavy atom. The van der Waals surface area contributed by atoms with E-state index in [0.29, 0.717) is 6.54 Å². The van der Waals surface area contributed by atoms with Crippen molar-refractivity contribution in [2.45, 2.75) is 13.5 Å². The van der Waals surface area contributed by atoms with Gasteiger partial charge >= 0.3 is 5.97 Å². The van der Waals surface area contributed by atoms with Crippen molar-refractivity contribution in [2.24, 2.45) is 7.05 Å². The van der Waals surface area contributed by atoms with Crippen molar-refractivity contribution in [2.75, 3.05) is 13.7 Å². The summed E-state index contributed by atoms with van der Waals surface area (Å²) >= 11 is 1.54. The molecule has 3 heterocycles. The number of rotatable bonds is 5. The molecule has 1 amide bonds. The van der Waals surface area contributed by atoms with Gasteiger partial charge in [0.1, 0.15) is 23.0 Å². The predicted octanol–water partition coefficient (Wildman–Crippen LogP) is 1.71. The van der Waals surface area contributed by atoms with Gasteiger partial charge in [-0.05, 0) is 29.3 Å². The second-order valence-corrected chi connectivity index (χ2v) is 6.61. The van der Waals surface area contributed by atoms with Crippen molar-refractivity contribution in [1.29, 1.82) is 0 Å². The van der Waals surface area contributed by atoms with Gasteiger partial charge in [-0.25, -0.2) is 9.78 Å². The second-order valence-electron chi connectivity index (χ2n) is 5.83. The van der Waals surface area contributed by atoms with Crippen molar-refractivity contribution in [3.8, 4) is 0 Å². The average Bonchev–Trinajstić information content (AvgIpc) is 3.23. The molecule has 0 fully saturated rings. The molecule has 0 aliphatic carbocycles. The Labute approximate surface area is 152 Å². The first-order valence-electron chi connectivity index (χ1n) is 7.75. The number of aryl methyl sites for hydroxylation is 2. The maximum absolute atomic E-state index is 12.4. The molecule has 0 aliphatic heterocycles. The van der Waals surface area contributed by atoms with Gasteiger partial charge in [0.05, 0.1) is 0 Å². The van der Waals surface area contributed by atoms with Crippen molar-refractivity contribution in [3.63, 3.8) is 0 Å². The Kier molecular flexibility index (Phi) is 4.90. The lowest BCUT2D eigenvalue weighted by molar-refractivity contribution is -0.133. The first-order chi connectivity index (χ1) is 12.4. The second kappa shape index (κ2) is 7.12. The fourth-order valence-corrected chi connectivity index (χ4v) is 3.15. The number of likely N-dealkylation sites (N-methyl/N-ethyl adjacent to an activating group) is 1. The van der Waals surface area contributed by atoms with E-state index in [1.165, 1.54) is 22.8 Å². The molecule has 0 radical (unpaired) electrons. The third-order valence-corrected chi connectivity index (χ3v) is 4.64. The first-order valence-corrected chi connectivity index (χ1v) is 8.69. The molecule has 0 saturated carbocycles. The van der Waals surface area contributed by atoms with Gasteiger partial charge in [0.25, 0.3) is 11.5 Å². The molecule has 0 spiro atoms. The van der Waals surface area contributed by atoms with E-state index in [9.17, 15) is 14.4 Å². The number of hydrogen-bond acceptors (Lipinski definition) is 7. The molecular weight excluding hydrogens is 358 g/mol. The summed E-state index contributed by atoms with van der Waals surface area (Å²) in [7, 11) is 3.15. The molecule has 0 saturated heterocycles. The zero-order valence-electron chi connectivity index (χ0n) is 14.5. The number of carbonyl (C=O) groups is 2. The SMILES string of the molecule is Cc1oc2ncn(C)c(=O)c2c1C(=O)OCC(=O)N(C)Cc1ccsc1. The van der Waals surface area contributed by atoms with Gasteiger partial charge in [-0.15, -0.1) is 0 Å². The summed E-state index contributed by atoms with van der Waals surface area (Å²) in [6.07, 6.45) is 1.31. The molecule has 3 aromatic rings. The van der Waals surface area contributed by atoms with Crippen LogP contribution in [0.25, 0.3) is 11.1 Å². The lowest BCUT2D eigenvalue weighted by Gasteiger charge is -2.16. The van der Waals surface area contributed by atoms with Crippen LogP contribution in [0.3, 0.4) is 0 Å². The largest absolute Gasteiger partial charge is 0.452 e. The number of amides is 1. The maximum atomic E-state index is 12.4. The summed E-state index contributed by atoms with van der Waals surface area (Å²) in [5.41, 5.74) is 0.656. The van der Waals surface area contributed by atoms with Crippen molar-refractivity contribution in [3.05, 3.63) is 50.4 Å². The fourth-order valence-electron chi connectivity index (χ4n) is 2.49. The summed E-state index contributed by atoms with van der Waals surface area (Å²) in [6, 6.07) is 1.92. The van der Waals surface area contributed by atoms with Crippen LogP contribution in [0.5, 0.6) is 0 Å². The molecule has 0 aromatic carbocycles. The third-order valence-electron chi connectivity index (χ3n) is 3.90. The Morgan fingerprint density at radius 2 is 2.19 bits per heavy atom. The average molecular weight is 375 g/mol. The zero-order chi connectivity index (χ0) is 18.8. The Bertz CT molecular complexity index is 1020. The number of fused-ring (bicyclic) bond motifs is 1. The summed E-state index contributed by atoms with van der Waals surface area (Å²) in [4.78, 5) is 42.3. The molecule has 0 bridgehead atoms. The molecule has 9 heteroatoms. The molecule has 0 unspecified atom stereocenters. The molecule has 3 rings (SSSR count). The van der Waals surface area contributed by atoms with E-state index >= 15 is 0 Å². The highest BCUT2D eigenvalue weighted by Gasteiger charge is 2.24. The summed E-state index contributed by atoms with van der Waals surface area (Å²) in [6.45, 7) is 1.55. The fraction of sp³-hybridized carbons (Fsp3) is 0.294. The van der Waals surface area contributed by atoms with E-state index in [4.69, 9.17) is 9.15 Å². The predicted molar refractivity (Wildman–Crippen MR) is 95.1 cm³/mol. The molecular formula is C17H17N3O5S. The van der Waals surface area contributed by atoms with Gasteiger partial charge in [-0.1, -0.05) is 0 Å². The van der Waals surface area contributed by atoms with Crippen LogP contribution in [0.15, 0.2) is 32.4 Å². The van der Waals surface area contributed by atoms with E-state index in [1.807, 2.05) is 16.8 Å². The minimum Gasteiger partial charge on any atom is -0.452 e. The topological polar surface area (TPSA) is 94.6 Å². The van der Waals surface area contributed by atoms with Gasteiger partial charge in [-0.2, -0.15) is 11.3 Å². The lowest BCUT2D eigenvalue weighted by Crippen LogP contribution is -2.31. The monoisotopic (exact) mass is 375 g/mol. The standard InChI is InChI=1S/C17H17N3O5S/c1-10-13(14-15(25-10)18-9-20(3)16(14)22)17(23)24-7-12(21)19(2)6-11-4-5-26-8-11/h4-5,8-9H,6-7H2,1-3H3. The number of hydrogen-bond donors (Lipinski definition) is 0. The van der Waals surface area contributed by atoms with Crippen LogP contribution in [0.4, 0.5) is 0 Å². The minimum atomic E-state index is -0.788. The van der Waals surface area contributed by atoms with Gasteiger partial charge in [0.2, 0.25) is 5.71 Å². The quantitative estimate of drug-likeness (QED) is 0.630. The van der Waals surface area contributed by atoms with Gasteiger partial charge in [-0.3, -0.25) is 9.59 Å². The van der Waals surface area contributed by atoms with Crippen LogP contribution in [-0.4, -0.2) is 40.0 Å². The normalized spacial score (nSPS) is 10.9. The number of thiophene rings is 1. The maximum Gasteiger partial charge on any atom is 0.343 e. The summed E-state index contributed by atoms with van der Waals surface area (Å²) in [5, 5.41) is 3.92. The summed E-state index contributed by atoms with van der Waals surface area (Å²) < 4.78 is 11.7. The Balaban J connectivity index is 1.73. The van der Waals surface area contributed by atoms with Crippen LogP contribution in [-0.2, 0) is 23.1 Å². The molecule has 3 aromatic heterocycles. The lowest BCUT2D eigenvalue weighted by atomic mass is 10.2. The molecule has 26 heavy (non-hydrogen) atoms. The molecule has 0 aliphatic rings. The van der Waals surface area contributed by atoms with E-state index in [-0.39, 0.29) is 28.3 Å². The third kappa shape index (κ3) is 3.38. The molecule has 0 atom stereocenters. The van der Waals surface area contributed by atoms with Crippen molar-refractivity contribution < 1.29 is 18.7 Å². The highest BCUT2D eigenvalue weighted by molar-refractivity contribution is 7.07. The molecule has 136 valence electrons. The van der Waals surface area contributed by atoms with Crippen molar-refractivity contribution in [1.82, 2.24) is 14.5 Å². The number of furan rings is 1. The van der Waals surface area contributed by atoms with E-state index < -0.39 is 18.1 Å². The van der Waals surface area contributed by atoms with Crippen molar-refractivity contribution >= 4 is 34.3 Å². The summed E-state index contributed by atoms with van der Waals surface area (Å²) in [5.74, 6) is -0.912. The first kappa shape index (κ1) is 17.9. The Hall–Kier alpha value is -2.94. The van der Waals surface area contributed by atoms with Crippen LogP contribution < -0.4 is 5.56 Å². The highest BCUT2D eigenvalue weighted by Crippen LogP contribution is 2.21. The minimum absolute atomic E-state index is 0.00184. The number of nitrogens with zero attached hydrogens (tertiary/aromatic N) is 3. The highest BCUT2D eigenvalue weighted by atomic mass is 32.1. The van der Waals surface area contributed by atoms with E-state index in [2.05, 4.69) is 4.98 Å². The smallest absolute Gasteiger partial charge is 0.343 e. The van der Waals surface area contributed by atoms with Gasteiger partial charge < -0.3 is 18.6 Å². The zero-order valence-corrected chi connectivity index (χ0v) is 15.3. The Morgan fingerprint density at radius 3 is 2.88 bits per heavy atom. The number of esters is 1. The number of carbonyl (C=O) groups excluding carboxylic acids is 2. The van der Waals surface area contributed by atoms with Gasteiger partial charge in [0.15, 0.2) is 6.61 Å². The number of aromatic nitrogens is 2. The van der Waals surface area contributed by atoms with Crippen LogP contribution in [0, 0.1) is 6.92 Å². The molecule has 8 nitrogen and oxygen atoms in total. The van der Waals surface area contributed by atoms with Crippen LogP contribution >= 0.6 is 11.3 Å². The van der Waals surface area contributed by atoms with Crippen LogP contribution in [0.2, 0.25) is 0 Å².